The molecule has 0 aliphatic rings. The Labute approximate surface area is 168 Å². The van der Waals surface area contributed by atoms with Gasteiger partial charge in [0.1, 0.15) is 0 Å². The van der Waals surface area contributed by atoms with Crippen molar-refractivity contribution in [1.29, 1.82) is 0 Å². The van der Waals surface area contributed by atoms with Crippen molar-refractivity contribution in [1.82, 2.24) is 9.78 Å². The number of aromatic nitrogens is 2. The Morgan fingerprint density at radius 1 is 0.840 bits per heavy atom. The van der Waals surface area contributed by atoms with E-state index < -0.39 is 0 Å². The van der Waals surface area contributed by atoms with Crippen LogP contribution in [0.5, 0.6) is 0 Å². The molecule has 2 nitrogen and oxygen atoms in total. The van der Waals surface area contributed by atoms with E-state index in [0.717, 1.165) is 0 Å². The van der Waals surface area contributed by atoms with Gasteiger partial charge in [-0.1, -0.05) is 59.7 Å². The Balaban J connectivity index is 0.00000312. The maximum atomic E-state index is 5.12. The van der Waals surface area contributed by atoms with Crippen molar-refractivity contribution in [2.45, 2.75) is 86.1 Å². The van der Waals surface area contributed by atoms with Gasteiger partial charge in [0.25, 0.3) is 0 Å². The molecular weight excluding hydrogens is 487 g/mol. The van der Waals surface area contributed by atoms with Crippen LogP contribution in [0.4, 0.5) is 0 Å². The molecule has 0 spiro atoms. The largest absolute Gasteiger partial charge is 0.266 e. The molecule has 1 aromatic heterocycles. The second-order valence-electron chi connectivity index (χ2n) is 9.38. The van der Waals surface area contributed by atoms with Gasteiger partial charge in [0.15, 0.2) is 0 Å². The summed E-state index contributed by atoms with van der Waals surface area (Å²) in [5.41, 5.74) is 7.95. The van der Waals surface area contributed by atoms with Crippen LogP contribution in [0.1, 0.15) is 83.9 Å². The topological polar surface area (TPSA) is 17.8 Å². The van der Waals surface area contributed by atoms with Gasteiger partial charge in [-0.3, -0.25) is 4.68 Å². The predicted octanol–water partition coefficient (Wildman–Crippen LogP) is 6.34. The Morgan fingerprint density at radius 2 is 1.32 bits per heavy atom. The maximum absolute atomic E-state index is 5.12. The first-order valence-corrected chi connectivity index (χ1v) is 9.05. The van der Waals surface area contributed by atoms with E-state index in [1.54, 1.807) is 0 Å². The van der Waals surface area contributed by atoms with Crippen molar-refractivity contribution in [3.63, 3.8) is 0 Å². The van der Waals surface area contributed by atoms with E-state index >= 15 is 0 Å². The van der Waals surface area contributed by atoms with E-state index in [9.17, 15) is 0 Å². The molecule has 0 amide bonds. The molecular formula is C22H34N2Pt. The third-order valence-electron chi connectivity index (χ3n) is 4.55. The van der Waals surface area contributed by atoms with Crippen LogP contribution in [0.2, 0.25) is 0 Å². The zero-order valence-electron chi connectivity index (χ0n) is 17.5. The Bertz CT molecular complexity index is 720. The molecule has 0 bridgehead atoms. The summed E-state index contributed by atoms with van der Waals surface area (Å²) in [6.07, 6.45) is 0. The molecule has 2 rings (SSSR count). The minimum absolute atomic E-state index is 0. The molecule has 0 aliphatic heterocycles. The van der Waals surface area contributed by atoms with Gasteiger partial charge >= 0.3 is 0 Å². The first kappa shape index (κ1) is 22.2. The Kier molecular flexibility index (Phi) is 6.55. The second-order valence-corrected chi connectivity index (χ2v) is 9.38. The Hall–Kier alpha value is -0.882. The van der Waals surface area contributed by atoms with Crippen LogP contribution in [0, 0.1) is 13.8 Å². The second kappa shape index (κ2) is 7.39. The number of benzene rings is 1. The van der Waals surface area contributed by atoms with Gasteiger partial charge in [0.2, 0.25) is 0 Å². The van der Waals surface area contributed by atoms with E-state index in [4.69, 9.17) is 5.10 Å². The molecule has 2 aromatic rings. The van der Waals surface area contributed by atoms with E-state index in [2.05, 4.69) is 92.1 Å². The molecule has 1 heterocycles. The summed E-state index contributed by atoms with van der Waals surface area (Å²) in [5, 5.41) is 5.12. The molecule has 0 radical (unpaired) electrons. The fourth-order valence-corrected chi connectivity index (χ4v) is 3.50. The Morgan fingerprint density at radius 3 is 1.68 bits per heavy atom. The molecule has 0 fully saturated rings. The molecule has 0 aliphatic carbocycles. The number of nitrogens with zero attached hydrogens (tertiary/aromatic N) is 2. The van der Waals surface area contributed by atoms with Crippen LogP contribution >= 0.6 is 0 Å². The van der Waals surface area contributed by atoms with Gasteiger partial charge in [-0.05, 0) is 44.4 Å². The zero-order chi connectivity index (χ0) is 18.4. The minimum Gasteiger partial charge on any atom is -0.266 e. The monoisotopic (exact) mass is 521 g/mol. The standard InChI is InChI=1S/C22H34N2.Pt/c1-14(2)24-20(22(8,9)10)18(19(23-24)21(5,6)7)17-15(3)12-11-13-16(17)4;/h11-14H,1-10H3;. The first-order chi connectivity index (χ1) is 10.9. The molecule has 0 saturated heterocycles. The SMILES string of the molecule is Cc1cccc(C)c1-c1c(C(C)(C)C)nn(C(C)C)c1C(C)(C)C.[Pt]. The van der Waals surface area contributed by atoms with Crippen LogP contribution in [-0.2, 0) is 31.9 Å². The summed E-state index contributed by atoms with van der Waals surface area (Å²) >= 11 is 0. The van der Waals surface area contributed by atoms with Crippen molar-refractivity contribution in [2.24, 2.45) is 0 Å². The van der Waals surface area contributed by atoms with Gasteiger partial charge < -0.3 is 0 Å². The number of hydrogen-bond acceptors (Lipinski definition) is 1. The van der Waals surface area contributed by atoms with Gasteiger partial charge in [0.05, 0.1) is 11.4 Å². The van der Waals surface area contributed by atoms with Crippen molar-refractivity contribution in [3.05, 3.63) is 40.7 Å². The van der Waals surface area contributed by atoms with Crippen molar-refractivity contribution in [3.8, 4) is 11.1 Å². The van der Waals surface area contributed by atoms with Gasteiger partial charge in [0, 0.05) is 43.5 Å². The molecule has 0 saturated carbocycles. The van der Waals surface area contributed by atoms with Crippen LogP contribution in [0.25, 0.3) is 11.1 Å². The maximum Gasteiger partial charge on any atom is 0.0759 e. The van der Waals surface area contributed by atoms with Gasteiger partial charge in [-0.15, -0.1) is 0 Å². The zero-order valence-corrected chi connectivity index (χ0v) is 19.8. The number of aryl methyl sites for hydroxylation is 2. The number of rotatable bonds is 2. The van der Waals surface area contributed by atoms with E-state index in [-0.39, 0.29) is 31.9 Å². The summed E-state index contributed by atoms with van der Waals surface area (Å²) < 4.78 is 2.25. The van der Waals surface area contributed by atoms with Crippen molar-refractivity contribution >= 4 is 0 Å². The molecule has 25 heavy (non-hydrogen) atoms. The fraction of sp³-hybridized carbons (Fsp3) is 0.591. The average Bonchev–Trinajstić information content (AvgIpc) is 2.78. The van der Waals surface area contributed by atoms with E-state index in [1.165, 1.54) is 33.6 Å². The smallest absolute Gasteiger partial charge is 0.0759 e. The summed E-state index contributed by atoms with van der Waals surface area (Å²) in [4.78, 5) is 0. The number of hydrogen-bond donors (Lipinski definition) is 0. The summed E-state index contributed by atoms with van der Waals surface area (Å²) in [6.45, 7) is 22.6. The van der Waals surface area contributed by atoms with E-state index in [1.807, 2.05) is 0 Å². The molecule has 0 N–H and O–H groups in total. The summed E-state index contributed by atoms with van der Waals surface area (Å²) in [7, 11) is 0. The normalized spacial score (nSPS) is 12.4. The summed E-state index contributed by atoms with van der Waals surface area (Å²) in [5.74, 6) is 0. The van der Waals surface area contributed by atoms with Crippen LogP contribution in [-0.4, -0.2) is 9.78 Å². The van der Waals surface area contributed by atoms with Crippen molar-refractivity contribution in [2.75, 3.05) is 0 Å². The van der Waals surface area contributed by atoms with Crippen LogP contribution in [0.3, 0.4) is 0 Å². The third-order valence-corrected chi connectivity index (χ3v) is 4.55. The minimum atomic E-state index is 0. The van der Waals surface area contributed by atoms with Crippen LogP contribution in [0.15, 0.2) is 18.2 Å². The van der Waals surface area contributed by atoms with E-state index in [0.29, 0.717) is 6.04 Å². The van der Waals surface area contributed by atoms with Crippen molar-refractivity contribution < 1.29 is 21.1 Å². The average molecular weight is 522 g/mol. The van der Waals surface area contributed by atoms with Crippen LogP contribution < -0.4 is 0 Å². The molecule has 1 aromatic carbocycles. The quantitative estimate of drug-likeness (QED) is 0.451. The third kappa shape index (κ3) is 4.27. The summed E-state index contributed by atoms with van der Waals surface area (Å²) in [6, 6.07) is 6.93. The van der Waals surface area contributed by atoms with Gasteiger partial charge in [-0.2, -0.15) is 5.10 Å². The predicted molar refractivity (Wildman–Crippen MR) is 105 cm³/mol. The molecule has 142 valence electrons. The molecule has 0 atom stereocenters. The first-order valence-electron chi connectivity index (χ1n) is 9.05. The van der Waals surface area contributed by atoms with Gasteiger partial charge in [-0.25, -0.2) is 0 Å². The molecule has 0 unspecified atom stereocenters. The molecule has 3 heteroatoms. The fourth-order valence-electron chi connectivity index (χ4n) is 3.50.